The number of hydrogen-bond acceptors (Lipinski definition) is 7. The van der Waals surface area contributed by atoms with Crippen LogP contribution in [0.15, 0.2) is 48.9 Å². The average molecular weight is 436 g/mol. The van der Waals surface area contributed by atoms with Crippen LogP contribution in [0.5, 0.6) is 0 Å². The van der Waals surface area contributed by atoms with Gasteiger partial charge >= 0.3 is 0 Å². The van der Waals surface area contributed by atoms with Crippen LogP contribution < -0.4 is 22.1 Å². The molecule has 32 heavy (non-hydrogen) atoms. The van der Waals surface area contributed by atoms with E-state index in [-0.39, 0.29) is 12.2 Å². The number of nitrogens with one attached hydrogen (secondary N) is 2. The van der Waals surface area contributed by atoms with Gasteiger partial charge < -0.3 is 22.1 Å². The van der Waals surface area contributed by atoms with Gasteiger partial charge in [-0.05, 0) is 48.7 Å². The number of primary amides is 2. The molecular weight excluding hydrogens is 406 g/mol. The molecule has 3 aromatic rings. The molecule has 0 bridgehead atoms. The number of hydrogen-bond donors (Lipinski definition) is 4. The molecule has 0 aromatic carbocycles. The molecule has 9 nitrogen and oxygen atoms in total. The molecule has 0 saturated heterocycles. The van der Waals surface area contributed by atoms with Gasteiger partial charge in [-0.15, -0.1) is 0 Å². The highest BCUT2D eigenvalue weighted by atomic mass is 16.1. The van der Waals surface area contributed by atoms with Gasteiger partial charge in [0.15, 0.2) is 5.69 Å². The molecule has 6 N–H and O–H groups in total. The number of pyridine rings is 3. The van der Waals surface area contributed by atoms with E-state index in [2.05, 4.69) is 46.4 Å². The molecule has 0 aliphatic heterocycles. The number of aromatic nitrogens is 3. The molecule has 9 heteroatoms. The third-order valence-electron chi connectivity index (χ3n) is 3.80. The summed E-state index contributed by atoms with van der Waals surface area (Å²) in [6.07, 6.45) is 4.78. The Labute approximate surface area is 187 Å². The van der Waals surface area contributed by atoms with E-state index in [0.29, 0.717) is 17.2 Å². The largest absolute Gasteiger partial charge is 0.375 e. The zero-order valence-corrected chi connectivity index (χ0v) is 18.7. The summed E-state index contributed by atoms with van der Waals surface area (Å²) in [7, 11) is 0. The molecule has 2 amide bonds. The number of carbonyl (C=O) groups is 2. The van der Waals surface area contributed by atoms with E-state index in [4.69, 9.17) is 11.5 Å². The minimum Gasteiger partial charge on any atom is -0.375 e. The number of aryl methyl sites for hydroxylation is 1. The highest BCUT2D eigenvalue weighted by molar-refractivity contribution is 5.97. The third kappa shape index (κ3) is 7.67. The van der Waals surface area contributed by atoms with Crippen LogP contribution in [0.3, 0.4) is 0 Å². The van der Waals surface area contributed by atoms with Crippen LogP contribution in [-0.4, -0.2) is 33.3 Å². The highest BCUT2D eigenvalue weighted by Crippen LogP contribution is 2.25. The maximum Gasteiger partial charge on any atom is 0.269 e. The Morgan fingerprint density at radius 3 is 2.31 bits per heavy atom. The molecule has 0 saturated carbocycles. The molecule has 168 valence electrons. The molecule has 0 atom stereocenters. The fraction of sp³-hybridized carbons (Fsp3) is 0.261. The van der Waals surface area contributed by atoms with E-state index in [1.807, 2.05) is 31.2 Å². The molecule has 0 radical (unpaired) electrons. The molecule has 0 spiro atoms. The first-order valence-corrected chi connectivity index (χ1v) is 10.1. The van der Waals surface area contributed by atoms with Gasteiger partial charge in [-0.3, -0.25) is 14.6 Å². The van der Waals surface area contributed by atoms with Crippen LogP contribution in [0.25, 0.3) is 11.3 Å². The number of rotatable bonds is 7. The van der Waals surface area contributed by atoms with Gasteiger partial charge in [-0.2, -0.15) is 0 Å². The second-order valence-corrected chi connectivity index (χ2v) is 7.81. The van der Waals surface area contributed by atoms with Gasteiger partial charge in [-0.25, -0.2) is 9.97 Å². The van der Waals surface area contributed by atoms with E-state index < -0.39 is 11.8 Å². The van der Waals surface area contributed by atoms with E-state index in [0.717, 1.165) is 22.7 Å². The first-order chi connectivity index (χ1) is 15.2. The second-order valence-electron chi connectivity index (χ2n) is 7.81. The second kappa shape index (κ2) is 11.4. The van der Waals surface area contributed by atoms with Crippen molar-refractivity contribution in [1.82, 2.24) is 15.0 Å². The predicted octanol–water partition coefficient (Wildman–Crippen LogP) is 3.25. The molecule has 0 fully saturated rings. The normalized spacial score (nSPS) is 10.2. The molecule has 0 unspecified atom stereocenters. The number of carbonyl (C=O) groups excluding carboxylic acids is 2. The smallest absolute Gasteiger partial charge is 0.269 e. The topological polar surface area (TPSA) is 149 Å². The lowest BCUT2D eigenvalue weighted by molar-refractivity contribution is -0.116. The standard InChI is InChI=1S/C19H19N7O2.C4H10/c1-11-6-14(12-2-4-22-5-3-12)25-17(7-11)26-15-8-13(23-10-16(20)27)9-24-18(15)19(21)28;1-4(2)3/h2-9,23H,10H2,1H3,(H2,20,27)(H2,21,28)(H,25,26);4H,1-3H3. The van der Waals surface area contributed by atoms with Gasteiger partial charge in [0, 0.05) is 18.0 Å². The summed E-state index contributed by atoms with van der Waals surface area (Å²) in [5.74, 6) is 0.143. The fourth-order valence-corrected chi connectivity index (χ4v) is 2.58. The zero-order chi connectivity index (χ0) is 23.7. The first-order valence-electron chi connectivity index (χ1n) is 10.1. The molecular formula is C23H29N7O2. The Hall–Kier alpha value is -4.01. The molecule has 3 rings (SSSR count). The van der Waals surface area contributed by atoms with Gasteiger partial charge in [0.25, 0.3) is 5.91 Å². The van der Waals surface area contributed by atoms with Gasteiger partial charge in [0.2, 0.25) is 5.91 Å². The van der Waals surface area contributed by atoms with Crippen molar-refractivity contribution in [3.05, 3.63) is 60.2 Å². The maximum absolute atomic E-state index is 11.7. The summed E-state index contributed by atoms with van der Waals surface area (Å²) in [5, 5.41) is 5.92. The summed E-state index contributed by atoms with van der Waals surface area (Å²) in [6, 6.07) is 9.11. The molecule has 0 aliphatic carbocycles. The Morgan fingerprint density at radius 2 is 1.72 bits per heavy atom. The minimum atomic E-state index is -0.689. The number of nitrogens with two attached hydrogens (primary N) is 2. The lowest BCUT2D eigenvalue weighted by Crippen LogP contribution is -2.22. The van der Waals surface area contributed by atoms with Crippen molar-refractivity contribution < 1.29 is 9.59 Å². The summed E-state index contributed by atoms with van der Waals surface area (Å²) < 4.78 is 0. The van der Waals surface area contributed by atoms with E-state index >= 15 is 0 Å². The van der Waals surface area contributed by atoms with Crippen LogP contribution >= 0.6 is 0 Å². The summed E-state index contributed by atoms with van der Waals surface area (Å²) in [6.45, 7) is 8.38. The predicted molar refractivity (Wildman–Crippen MR) is 126 cm³/mol. The third-order valence-corrected chi connectivity index (χ3v) is 3.80. The summed E-state index contributed by atoms with van der Waals surface area (Å²) in [4.78, 5) is 35.4. The average Bonchev–Trinajstić information content (AvgIpc) is 2.72. The lowest BCUT2D eigenvalue weighted by atomic mass is 10.1. The van der Waals surface area contributed by atoms with E-state index in [1.165, 1.54) is 6.20 Å². The Morgan fingerprint density at radius 1 is 1.06 bits per heavy atom. The maximum atomic E-state index is 11.7. The van der Waals surface area contributed by atoms with E-state index in [1.54, 1.807) is 18.5 Å². The lowest BCUT2D eigenvalue weighted by Gasteiger charge is -2.13. The van der Waals surface area contributed by atoms with Crippen LogP contribution in [0.2, 0.25) is 0 Å². The Balaban J connectivity index is 0.000000837. The Kier molecular flexibility index (Phi) is 8.64. The van der Waals surface area contributed by atoms with Crippen molar-refractivity contribution in [2.75, 3.05) is 17.2 Å². The SMILES string of the molecule is CC(C)C.Cc1cc(Nc2cc(NCC(N)=O)cnc2C(N)=O)nc(-c2ccncc2)c1. The highest BCUT2D eigenvalue weighted by Gasteiger charge is 2.13. The zero-order valence-electron chi connectivity index (χ0n) is 18.7. The van der Waals surface area contributed by atoms with Gasteiger partial charge in [-0.1, -0.05) is 20.8 Å². The minimum absolute atomic E-state index is 0.0541. The van der Waals surface area contributed by atoms with Crippen LogP contribution in [0.1, 0.15) is 36.8 Å². The molecule has 3 heterocycles. The van der Waals surface area contributed by atoms with Crippen molar-refractivity contribution in [3.8, 4) is 11.3 Å². The van der Waals surface area contributed by atoms with Gasteiger partial charge in [0.05, 0.1) is 29.8 Å². The van der Waals surface area contributed by atoms with Crippen LogP contribution in [0, 0.1) is 12.8 Å². The summed E-state index contributed by atoms with van der Waals surface area (Å²) >= 11 is 0. The number of anilines is 3. The van der Waals surface area contributed by atoms with E-state index in [9.17, 15) is 9.59 Å². The Bertz CT molecular complexity index is 1070. The number of nitrogens with zero attached hydrogens (tertiary/aromatic N) is 3. The van der Waals surface area contributed by atoms with Crippen LogP contribution in [0.4, 0.5) is 17.2 Å². The monoisotopic (exact) mass is 435 g/mol. The van der Waals surface area contributed by atoms with Crippen molar-refractivity contribution in [1.29, 1.82) is 0 Å². The summed E-state index contributed by atoms with van der Waals surface area (Å²) in [5.41, 5.74) is 14.1. The van der Waals surface area contributed by atoms with Crippen molar-refractivity contribution in [2.45, 2.75) is 27.7 Å². The first kappa shape index (κ1) is 24.3. The molecule has 3 aromatic heterocycles. The van der Waals surface area contributed by atoms with Gasteiger partial charge in [0.1, 0.15) is 5.82 Å². The number of amides is 2. The fourth-order valence-electron chi connectivity index (χ4n) is 2.58. The van der Waals surface area contributed by atoms with Crippen molar-refractivity contribution >= 4 is 29.0 Å². The van der Waals surface area contributed by atoms with Crippen molar-refractivity contribution in [3.63, 3.8) is 0 Å². The quantitative estimate of drug-likeness (QED) is 0.445. The van der Waals surface area contributed by atoms with Crippen molar-refractivity contribution in [2.24, 2.45) is 17.4 Å². The van der Waals surface area contributed by atoms with Crippen LogP contribution in [-0.2, 0) is 4.79 Å². The molecule has 0 aliphatic rings.